The van der Waals surface area contributed by atoms with Crippen LogP contribution in [0.3, 0.4) is 0 Å². The van der Waals surface area contributed by atoms with Crippen molar-refractivity contribution >= 4 is 26.6 Å². The molecule has 9 heteroatoms. The van der Waals surface area contributed by atoms with Gasteiger partial charge in [-0.25, -0.2) is 12.4 Å². The molecule has 0 spiro atoms. The summed E-state index contributed by atoms with van der Waals surface area (Å²) in [5.41, 5.74) is 2.24. The topological polar surface area (TPSA) is 88.7 Å². The van der Waals surface area contributed by atoms with Crippen LogP contribution in [0.15, 0.2) is 53.6 Å². The predicted octanol–water partition coefficient (Wildman–Crippen LogP) is 3.66. The van der Waals surface area contributed by atoms with Crippen LogP contribution in [0.5, 0.6) is 0 Å². The van der Waals surface area contributed by atoms with Crippen LogP contribution in [0.1, 0.15) is 30.9 Å². The molecule has 1 aliphatic heterocycles. The molecule has 2 aromatic carbocycles. The third-order valence-electron chi connectivity index (χ3n) is 6.14. The number of nitrogens with zero attached hydrogens (tertiary/aromatic N) is 4. The number of non-ortho nitro benzene ring substituents is 1. The van der Waals surface area contributed by atoms with Gasteiger partial charge in [0, 0.05) is 56.4 Å². The lowest BCUT2D eigenvalue weighted by molar-refractivity contribution is -0.384. The van der Waals surface area contributed by atoms with E-state index in [4.69, 9.17) is 0 Å². The zero-order valence-corrected chi connectivity index (χ0v) is 19.4. The van der Waals surface area contributed by atoms with Crippen LogP contribution < -0.4 is 0 Å². The first-order chi connectivity index (χ1) is 15.2. The van der Waals surface area contributed by atoms with Gasteiger partial charge in [0.05, 0.1) is 15.3 Å². The minimum atomic E-state index is -3.85. The van der Waals surface area contributed by atoms with Crippen molar-refractivity contribution in [2.45, 2.75) is 31.2 Å². The molecule has 0 bridgehead atoms. The van der Waals surface area contributed by atoms with Gasteiger partial charge in [-0.3, -0.25) is 15.0 Å². The molecule has 1 aromatic heterocycles. The summed E-state index contributed by atoms with van der Waals surface area (Å²) in [6.07, 6.45) is 1.62. The smallest absolute Gasteiger partial charge is 0.270 e. The molecule has 3 aromatic rings. The molecule has 0 amide bonds. The van der Waals surface area contributed by atoms with Gasteiger partial charge in [-0.2, -0.15) is 0 Å². The molecule has 2 heterocycles. The normalized spacial score (nSPS) is 16.1. The average Bonchev–Trinajstić information content (AvgIpc) is 3.14. The standard InChI is InChI=1S/C23H28N4O4S/c1-17(2)18-4-7-21(8-5-18)32(30,31)26-16-19(15-25-12-10-24(3)11-13-25)22-14-20(27(28)29)6-9-23(22)26/h4-9,14,16-17H,10-13,15H2,1-3H3. The molecule has 0 radical (unpaired) electrons. The molecule has 32 heavy (non-hydrogen) atoms. The van der Waals surface area contributed by atoms with Crippen LogP contribution in [-0.2, 0) is 16.6 Å². The molecule has 0 saturated carbocycles. The summed E-state index contributed by atoms with van der Waals surface area (Å²) in [4.78, 5) is 15.6. The fourth-order valence-electron chi connectivity index (χ4n) is 4.08. The number of likely N-dealkylation sites (N-methyl/N-ethyl adjacent to an activating group) is 1. The maximum Gasteiger partial charge on any atom is 0.270 e. The number of nitro groups is 1. The van der Waals surface area contributed by atoms with E-state index in [9.17, 15) is 18.5 Å². The molecule has 1 saturated heterocycles. The Hall–Kier alpha value is -2.75. The monoisotopic (exact) mass is 456 g/mol. The summed E-state index contributed by atoms with van der Waals surface area (Å²) in [5.74, 6) is 0.301. The summed E-state index contributed by atoms with van der Waals surface area (Å²) in [7, 11) is -1.78. The van der Waals surface area contributed by atoms with Gasteiger partial charge in [-0.05, 0) is 42.3 Å². The highest BCUT2D eigenvalue weighted by molar-refractivity contribution is 7.90. The number of benzene rings is 2. The third kappa shape index (κ3) is 4.28. The highest BCUT2D eigenvalue weighted by Crippen LogP contribution is 2.30. The Bertz CT molecular complexity index is 1240. The van der Waals surface area contributed by atoms with Crippen LogP contribution in [0.25, 0.3) is 10.9 Å². The van der Waals surface area contributed by atoms with Crippen LogP contribution in [0, 0.1) is 10.1 Å². The van der Waals surface area contributed by atoms with E-state index in [1.807, 2.05) is 12.1 Å². The van der Waals surface area contributed by atoms with Crippen molar-refractivity contribution in [1.82, 2.24) is 13.8 Å². The van der Waals surface area contributed by atoms with E-state index in [1.54, 1.807) is 18.3 Å². The summed E-state index contributed by atoms with van der Waals surface area (Å²) in [5, 5.41) is 12.0. The van der Waals surface area contributed by atoms with Gasteiger partial charge in [0.15, 0.2) is 0 Å². The summed E-state index contributed by atoms with van der Waals surface area (Å²) < 4.78 is 28.3. The zero-order chi connectivity index (χ0) is 23.0. The molecular formula is C23H28N4O4S. The highest BCUT2D eigenvalue weighted by Gasteiger charge is 2.24. The van der Waals surface area contributed by atoms with Gasteiger partial charge < -0.3 is 4.90 Å². The second-order valence-electron chi connectivity index (χ2n) is 8.72. The van der Waals surface area contributed by atoms with Crippen molar-refractivity contribution in [1.29, 1.82) is 0 Å². The molecule has 0 N–H and O–H groups in total. The van der Waals surface area contributed by atoms with Gasteiger partial charge in [0.2, 0.25) is 0 Å². The first-order valence-electron chi connectivity index (χ1n) is 10.7. The predicted molar refractivity (Wildman–Crippen MR) is 124 cm³/mol. The number of fused-ring (bicyclic) bond motifs is 1. The molecular weight excluding hydrogens is 428 g/mol. The number of rotatable bonds is 6. The van der Waals surface area contributed by atoms with Crippen molar-refractivity contribution in [3.8, 4) is 0 Å². The van der Waals surface area contributed by atoms with Gasteiger partial charge in [0.1, 0.15) is 0 Å². The van der Waals surface area contributed by atoms with E-state index in [2.05, 4.69) is 30.7 Å². The quantitative estimate of drug-likeness (QED) is 0.415. The number of hydrogen-bond donors (Lipinski definition) is 0. The Labute approximate surface area is 188 Å². The van der Waals surface area contributed by atoms with Crippen LogP contribution in [-0.4, -0.2) is 60.3 Å². The zero-order valence-electron chi connectivity index (χ0n) is 18.6. The molecule has 4 rings (SSSR count). The molecule has 170 valence electrons. The largest absolute Gasteiger partial charge is 0.304 e. The fraction of sp³-hybridized carbons (Fsp3) is 0.391. The molecule has 1 fully saturated rings. The lowest BCUT2D eigenvalue weighted by atomic mass is 10.0. The summed E-state index contributed by atoms with van der Waals surface area (Å²) >= 11 is 0. The van der Waals surface area contributed by atoms with E-state index in [-0.39, 0.29) is 10.6 Å². The molecule has 0 unspecified atom stereocenters. The van der Waals surface area contributed by atoms with Gasteiger partial charge >= 0.3 is 0 Å². The lowest BCUT2D eigenvalue weighted by Crippen LogP contribution is -2.43. The Morgan fingerprint density at radius 2 is 1.69 bits per heavy atom. The average molecular weight is 457 g/mol. The van der Waals surface area contributed by atoms with E-state index in [1.165, 1.54) is 22.2 Å². The minimum absolute atomic E-state index is 0.0476. The number of piperazine rings is 1. The van der Waals surface area contributed by atoms with Gasteiger partial charge in [-0.1, -0.05) is 26.0 Å². The van der Waals surface area contributed by atoms with Crippen LogP contribution in [0.4, 0.5) is 5.69 Å². The van der Waals surface area contributed by atoms with Crippen LogP contribution in [0.2, 0.25) is 0 Å². The first-order valence-corrected chi connectivity index (χ1v) is 12.2. The van der Waals surface area contributed by atoms with Crippen molar-refractivity contribution in [3.63, 3.8) is 0 Å². The Balaban J connectivity index is 1.79. The second-order valence-corrected chi connectivity index (χ2v) is 10.5. The van der Waals surface area contributed by atoms with E-state index in [0.29, 0.717) is 23.4 Å². The molecule has 1 aliphatic rings. The van der Waals surface area contributed by atoms with E-state index >= 15 is 0 Å². The van der Waals surface area contributed by atoms with Gasteiger partial charge in [-0.15, -0.1) is 0 Å². The third-order valence-corrected chi connectivity index (χ3v) is 7.83. The number of aromatic nitrogens is 1. The summed E-state index contributed by atoms with van der Waals surface area (Å²) in [6.45, 7) is 8.24. The van der Waals surface area contributed by atoms with Crippen molar-refractivity contribution in [2.75, 3.05) is 33.2 Å². The van der Waals surface area contributed by atoms with Gasteiger partial charge in [0.25, 0.3) is 15.7 Å². The van der Waals surface area contributed by atoms with Crippen molar-refractivity contribution in [3.05, 3.63) is 69.9 Å². The molecule has 8 nitrogen and oxygen atoms in total. The Morgan fingerprint density at radius 3 is 2.28 bits per heavy atom. The minimum Gasteiger partial charge on any atom is -0.304 e. The SMILES string of the molecule is CC(C)c1ccc(S(=O)(=O)n2cc(CN3CCN(C)CC3)c3cc([N+](=O)[O-])ccc32)cc1. The second kappa shape index (κ2) is 8.65. The van der Waals surface area contributed by atoms with E-state index in [0.717, 1.165) is 37.3 Å². The first kappa shape index (κ1) is 22.4. The summed E-state index contributed by atoms with van der Waals surface area (Å²) in [6, 6.07) is 11.3. The maximum absolute atomic E-state index is 13.5. The maximum atomic E-state index is 13.5. The van der Waals surface area contributed by atoms with Crippen LogP contribution >= 0.6 is 0 Å². The lowest BCUT2D eigenvalue weighted by Gasteiger charge is -2.32. The molecule has 0 aliphatic carbocycles. The van der Waals surface area contributed by atoms with Crippen molar-refractivity contribution < 1.29 is 13.3 Å². The Morgan fingerprint density at radius 1 is 1.03 bits per heavy atom. The fourth-order valence-corrected chi connectivity index (χ4v) is 5.47. The Kier molecular flexibility index (Phi) is 6.07. The highest BCUT2D eigenvalue weighted by atomic mass is 32.2. The van der Waals surface area contributed by atoms with E-state index < -0.39 is 14.9 Å². The molecule has 0 atom stereocenters. The number of nitro benzene ring substituents is 1. The van der Waals surface area contributed by atoms with Crippen molar-refractivity contribution in [2.24, 2.45) is 0 Å². The number of hydrogen-bond acceptors (Lipinski definition) is 6.